The van der Waals surface area contributed by atoms with E-state index in [9.17, 15) is 12.8 Å². The monoisotopic (exact) mass is 414 g/mol. The number of nitrogens with one attached hydrogen (secondary N) is 1. The zero-order valence-electron chi connectivity index (χ0n) is 15.8. The van der Waals surface area contributed by atoms with E-state index in [1.807, 2.05) is 24.3 Å². The zero-order valence-corrected chi connectivity index (χ0v) is 16.7. The third-order valence-corrected chi connectivity index (χ3v) is 5.37. The van der Waals surface area contributed by atoms with Gasteiger partial charge >= 0.3 is 0 Å². The second kappa shape index (κ2) is 9.65. The van der Waals surface area contributed by atoms with Gasteiger partial charge in [0.25, 0.3) is 0 Å². The fourth-order valence-corrected chi connectivity index (χ4v) is 3.35. The summed E-state index contributed by atoms with van der Waals surface area (Å²) in [7, 11) is -3.66. The van der Waals surface area contributed by atoms with Crippen molar-refractivity contribution in [3.63, 3.8) is 0 Å². The van der Waals surface area contributed by atoms with Crippen LogP contribution in [0.1, 0.15) is 16.7 Å². The number of ether oxygens (including phenoxy) is 1. The highest BCUT2D eigenvalue weighted by Crippen LogP contribution is 2.19. The summed E-state index contributed by atoms with van der Waals surface area (Å²) in [6, 6.07) is 20.6. The third kappa shape index (κ3) is 6.39. The average Bonchev–Trinajstić information content (AvgIpc) is 2.71. The van der Waals surface area contributed by atoms with Gasteiger partial charge in [-0.25, -0.2) is 17.9 Å². The Morgan fingerprint density at radius 2 is 1.55 bits per heavy atom. The number of hydrogen-bond donors (Lipinski definition) is 2. The Morgan fingerprint density at radius 1 is 0.897 bits per heavy atom. The maximum Gasteiger partial charge on any atom is 0.238 e. The molecular weight excluding hydrogens is 391 g/mol. The smallest absolute Gasteiger partial charge is 0.238 e. The van der Waals surface area contributed by atoms with E-state index in [4.69, 9.17) is 9.88 Å². The number of primary sulfonamides is 1. The minimum Gasteiger partial charge on any atom is -0.489 e. The van der Waals surface area contributed by atoms with Crippen molar-refractivity contribution in [3.8, 4) is 5.75 Å². The van der Waals surface area contributed by atoms with Crippen LogP contribution in [0.2, 0.25) is 0 Å². The van der Waals surface area contributed by atoms with Gasteiger partial charge in [0, 0.05) is 12.1 Å². The van der Waals surface area contributed by atoms with E-state index >= 15 is 0 Å². The van der Waals surface area contributed by atoms with Crippen LogP contribution in [0.25, 0.3) is 0 Å². The Morgan fingerprint density at radius 3 is 2.24 bits per heavy atom. The van der Waals surface area contributed by atoms with Crippen LogP contribution in [-0.2, 0) is 29.6 Å². The molecule has 0 aliphatic carbocycles. The first-order valence-corrected chi connectivity index (χ1v) is 10.7. The molecule has 0 aliphatic rings. The van der Waals surface area contributed by atoms with Gasteiger partial charge in [-0.1, -0.05) is 42.5 Å². The molecule has 0 radical (unpaired) electrons. The van der Waals surface area contributed by atoms with E-state index in [-0.39, 0.29) is 10.7 Å². The van der Waals surface area contributed by atoms with Gasteiger partial charge in [0.2, 0.25) is 10.0 Å². The predicted molar refractivity (Wildman–Crippen MR) is 110 cm³/mol. The van der Waals surface area contributed by atoms with Crippen molar-refractivity contribution >= 4 is 10.0 Å². The molecule has 3 aromatic carbocycles. The first-order valence-electron chi connectivity index (χ1n) is 9.19. The van der Waals surface area contributed by atoms with Crippen molar-refractivity contribution in [2.24, 2.45) is 5.14 Å². The molecule has 3 rings (SSSR count). The molecular formula is C22H23FN2O3S. The lowest BCUT2D eigenvalue weighted by atomic mass is 10.1. The molecule has 0 saturated carbocycles. The molecule has 0 spiro atoms. The molecule has 0 atom stereocenters. The molecule has 3 N–H and O–H groups in total. The van der Waals surface area contributed by atoms with Crippen LogP contribution in [0.3, 0.4) is 0 Å². The van der Waals surface area contributed by atoms with Crippen LogP contribution in [0.5, 0.6) is 5.75 Å². The number of hydrogen-bond acceptors (Lipinski definition) is 4. The number of para-hydroxylation sites is 1. The standard InChI is InChI=1S/C22H23FN2O3S/c23-20-9-5-18(6-10-20)16-28-22-4-2-1-3-19(22)15-25-14-13-17-7-11-21(12-8-17)29(24,26)27/h1-12,25H,13-16H2,(H2,24,26,27). The summed E-state index contributed by atoms with van der Waals surface area (Å²) >= 11 is 0. The minimum atomic E-state index is -3.66. The lowest BCUT2D eigenvalue weighted by Crippen LogP contribution is -2.17. The van der Waals surface area contributed by atoms with E-state index < -0.39 is 10.0 Å². The van der Waals surface area contributed by atoms with Crippen molar-refractivity contribution in [2.45, 2.75) is 24.5 Å². The van der Waals surface area contributed by atoms with Gasteiger partial charge in [0.05, 0.1) is 4.90 Å². The molecule has 152 valence electrons. The number of rotatable bonds is 9. The number of sulfonamides is 1. The highest BCUT2D eigenvalue weighted by atomic mass is 32.2. The molecule has 0 bridgehead atoms. The summed E-state index contributed by atoms with van der Waals surface area (Å²) in [6.45, 7) is 1.73. The molecule has 0 saturated heterocycles. The first-order chi connectivity index (χ1) is 13.9. The van der Waals surface area contributed by atoms with Crippen LogP contribution in [0.15, 0.2) is 77.7 Å². The largest absolute Gasteiger partial charge is 0.489 e. The van der Waals surface area contributed by atoms with Gasteiger partial charge < -0.3 is 10.1 Å². The SMILES string of the molecule is NS(=O)(=O)c1ccc(CCNCc2ccccc2OCc2ccc(F)cc2)cc1. The van der Waals surface area contributed by atoms with Crippen molar-refractivity contribution in [1.29, 1.82) is 0 Å². The Labute approximate surface area is 170 Å². The van der Waals surface area contributed by atoms with Gasteiger partial charge in [-0.3, -0.25) is 0 Å². The number of nitrogens with two attached hydrogens (primary N) is 1. The van der Waals surface area contributed by atoms with Gasteiger partial charge in [-0.05, 0) is 54.4 Å². The lowest BCUT2D eigenvalue weighted by molar-refractivity contribution is 0.302. The molecule has 0 aromatic heterocycles. The van der Waals surface area contributed by atoms with Gasteiger partial charge in [-0.2, -0.15) is 0 Å². The van der Waals surface area contributed by atoms with E-state index in [0.29, 0.717) is 13.2 Å². The molecule has 29 heavy (non-hydrogen) atoms. The first kappa shape index (κ1) is 21.0. The average molecular weight is 415 g/mol. The topological polar surface area (TPSA) is 81.4 Å². The Balaban J connectivity index is 1.50. The lowest BCUT2D eigenvalue weighted by Gasteiger charge is -2.12. The van der Waals surface area contributed by atoms with Crippen LogP contribution in [0.4, 0.5) is 4.39 Å². The van der Waals surface area contributed by atoms with E-state index in [0.717, 1.165) is 35.4 Å². The van der Waals surface area contributed by atoms with Gasteiger partial charge in [0.15, 0.2) is 0 Å². The summed E-state index contributed by atoms with van der Waals surface area (Å²) in [5, 5.41) is 8.48. The maximum absolute atomic E-state index is 13.0. The molecule has 3 aromatic rings. The molecule has 0 amide bonds. The molecule has 5 nitrogen and oxygen atoms in total. The molecule has 0 unspecified atom stereocenters. The second-order valence-electron chi connectivity index (χ2n) is 6.64. The normalized spacial score (nSPS) is 11.4. The summed E-state index contributed by atoms with van der Waals surface area (Å²) < 4.78 is 41.5. The van der Waals surface area contributed by atoms with Gasteiger partial charge in [-0.15, -0.1) is 0 Å². The van der Waals surface area contributed by atoms with E-state index in [1.54, 1.807) is 24.3 Å². The van der Waals surface area contributed by atoms with Crippen molar-refractivity contribution in [3.05, 3.63) is 95.3 Å². The van der Waals surface area contributed by atoms with E-state index in [2.05, 4.69) is 5.32 Å². The number of benzene rings is 3. The van der Waals surface area contributed by atoms with Crippen molar-refractivity contribution < 1.29 is 17.5 Å². The summed E-state index contributed by atoms with van der Waals surface area (Å²) in [6.07, 6.45) is 0.753. The summed E-state index contributed by atoms with van der Waals surface area (Å²) in [5.41, 5.74) is 2.95. The Bertz CT molecular complexity index is 1040. The molecule has 0 heterocycles. The van der Waals surface area contributed by atoms with Crippen LogP contribution >= 0.6 is 0 Å². The van der Waals surface area contributed by atoms with Crippen LogP contribution in [0, 0.1) is 5.82 Å². The zero-order chi connectivity index (χ0) is 20.7. The third-order valence-electron chi connectivity index (χ3n) is 4.44. The Hall–Kier alpha value is -2.74. The Kier molecular flexibility index (Phi) is 6.98. The highest BCUT2D eigenvalue weighted by molar-refractivity contribution is 7.89. The van der Waals surface area contributed by atoms with Crippen LogP contribution in [-0.4, -0.2) is 15.0 Å². The predicted octanol–water partition coefficient (Wildman–Crippen LogP) is 3.38. The summed E-state index contributed by atoms with van der Waals surface area (Å²) in [4.78, 5) is 0.112. The summed E-state index contributed by atoms with van der Waals surface area (Å²) in [5.74, 6) is 0.513. The number of halogens is 1. The quantitative estimate of drug-likeness (QED) is 0.526. The van der Waals surface area contributed by atoms with Gasteiger partial charge in [0.1, 0.15) is 18.2 Å². The maximum atomic E-state index is 13.0. The van der Waals surface area contributed by atoms with Crippen molar-refractivity contribution in [1.82, 2.24) is 5.32 Å². The van der Waals surface area contributed by atoms with Crippen LogP contribution < -0.4 is 15.2 Å². The minimum absolute atomic E-state index is 0.112. The molecule has 7 heteroatoms. The second-order valence-corrected chi connectivity index (χ2v) is 8.20. The fourth-order valence-electron chi connectivity index (χ4n) is 2.83. The highest BCUT2D eigenvalue weighted by Gasteiger charge is 2.07. The fraction of sp³-hybridized carbons (Fsp3) is 0.182. The van der Waals surface area contributed by atoms with Crippen molar-refractivity contribution in [2.75, 3.05) is 6.54 Å². The molecule has 0 aliphatic heterocycles. The van der Waals surface area contributed by atoms with E-state index in [1.165, 1.54) is 24.3 Å². The molecule has 0 fully saturated rings.